The average Bonchev–Trinajstić information content (AvgIpc) is 2.58. The van der Waals surface area contributed by atoms with Gasteiger partial charge in [0.1, 0.15) is 4.90 Å². The van der Waals surface area contributed by atoms with Gasteiger partial charge in [-0.2, -0.15) is 5.10 Å². The molecule has 112 valence electrons. The quantitative estimate of drug-likeness (QED) is 0.728. The minimum atomic E-state index is -3.86. The van der Waals surface area contributed by atoms with E-state index in [0.29, 0.717) is 0 Å². The Morgan fingerprint density at radius 1 is 1.30 bits per heavy atom. The number of carboxylic acid groups (broad SMARTS) is 1. The number of sulfonamides is 1. The lowest BCUT2D eigenvalue weighted by molar-refractivity contribution is 0.0686. The fourth-order valence-electron chi connectivity index (χ4n) is 2.57. The number of nitrogens with one attached hydrogen (secondary N) is 2. The molecule has 0 spiro atoms. The van der Waals surface area contributed by atoms with E-state index < -0.39 is 21.7 Å². The van der Waals surface area contributed by atoms with Gasteiger partial charge in [0.15, 0.2) is 5.69 Å². The first-order chi connectivity index (χ1) is 9.42. The molecule has 0 saturated heterocycles. The Balaban J connectivity index is 2.26. The second kappa shape index (κ2) is 5.92. The van der Waals surface area contributed by atoms with E-state index in [0.717, 1.165) is 38.5 Å². The first kappa shape index (κ1) is 15.0. The van der Waals surface area contributed by atoms with Gasteiger partial charge in [-0.3, -0.25) is 5.10 Å². The number of carboxylic acids is 1. The normalized spacial score (nSPS) is 17.9. The van der Waals surface area contributed by atoms with Crippen LogP contribution in [0.1, 0.15) is 54.7 Å². The lowest BCUT2D eigenvalue weighted by Gasteiger charge is -2.16. The SMILES string of the molecule is Cc1[nH]nc(C(=O)O)c1S(=O)(=O)NC1CCCCCC1. The van der Waals surface area contributed by atoms with Crippen molar-refractivity contribution >= 4 is 16.0 Å². The summed E-state index contributed by atoms with van der Waals surface area (Å²) in [5.41, 5.74) is -0.216. The van der Waals surface area contributed by atoms with Crippen LogP contribution in [0.4, 0.5) is 0 Å². The van der Waals surface area contributed by atoms with Gasteiger partial charge in [0.25, 0.3) is 0 Å². The van der Waals surface area contributed by atoms with E-state index in [1.807, 2.05) is 0 Å². The predicted molar refractivity (Wildman–Crippen MR) is 72.1 cm³/mol. The third kappa shape index (κ3) is 3.18. The first-order valence-electron chi connectivity index (χ1n) is 6.72. The van der Waals surface area contributed by atoms with Crippen molar-refractivity contribution in [2.24, 2.45) is 0 Å². The number of aromatic carboxylic acids is 1. The van der Waals surface area contributed by atoms with Crippen LogP contribution in [-0.2, 0) is 10.0 Å². The average molecular weight is 301 g/mol. The number of rotatable bonds is 4. The molecule has 0 aliphatic heterocycles. The Labute approximate surface area is 117 Å². The Morgan fingerprint density at radius 3 is 2.45 bits per heavy atom. The zero-order valence-electron chi connectivity index (χ0n) is 11.3. The Bertz CT molecular complexity index is 586. The van der Waals surface area contributed by atoms with E-state index in [1.165, 1.54) is 6.92 Å². The van der Waals surface area contributed by atoms with E-state index in [4.69, 9.17) is 5.11 Å². The van der Waals surface area contributed by atoms with Gasteiger partial charge in [-0.25, -0.2) is 17.9 Å². The number of hydrogen-bond acceptors (Lipinski definition) is 4. The summed E-state index contributed by atoms with van der Waals surface area (Å²) in [6, 6.07) is -0.126. The van der Waals surface area contributed by atoms with E-state index in [1.54, 1.807) is 0 Å². The topological polar surface area (TPSA) is 112 Å². The van der Waals surface area contributed by atoms with E-state index in [9.17, 15) is 13.2 Å². The molecule has 1 aliphatic carbocycles. The molecule has 1 saturated carbocycles. The highest BCUT2D eigenvalue weighted by atomic mass is 32.2. The molecule has 1 aromatic rings. The summed E-state index contributed by atoms with van der Waals surface area (Å²) in [4.78, 5) is 10.8. The van der Waals surface area contributed by atoms with Crippen LogP contribution in [0.5, 0.6) is 0 Å². The molecule has 1 heterocycles. The summed E-state index contributed by atoms with van der Waals surface area (Å²) in [5, 5.41) is 15.0. The van der Waals surface area contributed by atoms with Crippen LogP contribution < -0.4 is 4.72 Å². The number of hydrogen-bond donors (Lipinski definition) is 3. The molecule has 0 bridgehead atoms. The summed E-state index contributed by atoms with van der Waals surface area (Å²) in [6.45, 7) is 1.50. The number of aromatic amines is 1. The predicted octanol–water partition coefficient (Wildman–Crippen LogP) is 1.42. The Kier molecular flexibility index (Phi) is 4.44. The van der Waals surface area contributed by atoms with Crippen molar-refractivity contribution in [3.63, 3.8) is 0 Å². The Morgan fingerprint density at radius 2 is 1.90 bits per heavy atom. The molecule has 20 heavy (non-hydrogen) atoms. The van der Waals surface area contributed by atoms with Gasteiger partial charge in [-0.15, -0.1) is 0 Å². The van der Waals surface area contributed by atoms with Crippen molar-refractivity contribution in [2.45, 2.75) is 56.4 Å². The van der Waals surface area contributed by atoms with E-state index >= 15 is 0 Å². The van der Waals surface area contributed by atoms with Crippen LogP contribution in [0.15, 0.2) is 4.90 Å². The van der Waals surface area contributed by atoms with Crippen molar-refractivity contribution in [3.8, 4) is 0 Å². The summed E-state index contributed by atoms with van der Waals surface area (Å²) >= 11 is 0. The third-order valence-corrected chi connectivity index (χ3v) is 5.22. The maximum atomic E-state index is 12.4. The smallest absolute Gasteiger partial charge is 0.357 e. The monoisotopic (exact) mass is 301 g/mol. The second-order valence-corrected chi connectivity index (χ2v) is 6.79. The summed E-state index contributed by atoms with van der Waals surface area (Å²) in [6.07, 6.45) is 5.79. The van der Waals surface area contributed by atoms with Crippen LogP contribution in [0, 0.1) is 6.92 Å². The van der Waals surface area contributed by atoms with Gasteiger partial charge in [0.05, 0.1) is 5.69 Å². The minimum absolute atomic E-state index is 0.126. The molecule has 3 N–H and O–H groups in total. The third-order valence-electron chi connectivity index (χ3n) is 3.54. The fourth-order valence-corrected chi connectivity index (χ4v) is 4.20. The number of nitrogens with zero attached hydrogens (tertiary/aromatic N) is 1. The number of H-pyrrole nitrogens is 1. The van der Waals surface area contributed by atoms with E-state index in [2.05, 4.69) is 14.9 Å². The molecule has 7 nitrogen and oxygen atoms in total. The molecule has 0 aromatic carbocycles. The Hall–Kier alpha value is -1.41. The van der Waals surface area contributed by atoms with Gasteiger partial charge in [0, 0.05) is 6.04 Å². The first-order valence-corrected chi connectivity index (χ1v) is 8.20. The molecule has 2 rings (SSSR count). The van der Waals surface area contributed by atoms with Crippen LogP contribution in [0.2, 0.25) is 0 Å². The zero-order valence-corrected chi connectivity index (χ0v) is 12.2. The van der Waals surface area contributed by atoms with Crippen molar-refractivity contribution in [1.29, 1.82) is 0 Å². The number of aryl methyl sites for hydroxylation is 1. The lowest BCUT2D eigenvalue weighted by atomic mass is 10.1. The van der Waals surface area contributed by atoms with E-state index in [-0.39, 0.29) is 16.6 Å². The molecule has 0 unspecified atom stereocenters. The fraction of sp³-hybridized carbons (Fsp3) is 0.667. The molecular weight excluding hydrogens is 282 g/mol. The molecule has 0 amide bonds. The summed E-state index contributed by atoms with van der Waals surface area (Å²) < 4.78 is 27.4. The van der Waals surface area contributed by atoms with Gasteiger partial charge in [0.2, 0.25) is 10.0 Å². The maximum absolute atomic E-state index is 12.4. The van der Waals surface area contributed by atoms with Crippen molar-refractivity contribution in [3.05, 3.63) is 11.4 Å². The number of carbonyl (C=O) groups is 1. The molecule has 8 heteroatoms. The summed E-state index contributed by atoms with van der Waals surface area (Å²) in [5.74, 6) is -1.35. The second-order valence-electron chi connectivity index (χ2n) is 5.14. The molecule has 1 fully saturated rings. The van der Waals surface area contributed by atoms with Crippen molar-refractivity contribution in [1.82, 2.24) is 14.9 Å². The molecule has 1 aromatic heterocycles. The van der Waals surface area contributed by atoms with Gasteiger partial charge >= 0.3 is 5.97 Å². The highest BCUT2D eigenvalue weighted by Gasteiger charge is 2.30. The zero-order chi connectivity index (χ0) is 14.8. The molecule has 0 radical (unpaired) electrons. The largest absolute Gasteiger partial charge is 0.476 e. The standard InChI is InChI=1S/C12H19N3O4S/c1-8-11(10(12(16)17)14-13-8)20(18,19)15-9-6-4-2-3-5-7-9/h9,15H,2-7H2,1H3,(H,13,14)(H,16,17). The van der Waals surface area contributed by atoms with Gasteiger partial charge in [-0.1, -0.05) is 25.7 Å². The van der Waals surface area contributed by atoms with Gasteiger partial charge < -0.3 is 5.11 Å². The maximum Gasteiger partial charge on any atom is 0.357 e. The highest BCUT2D eigenvalue weighted by Crippen LogP contribution is 2.22. The molecule has 1 aliphatic rings. The van der Waals surface area contributed by atoms with Crippen LogP contribution in [-0.4, -0.2) is 35.7 Å². The van der Waals surface area contributed by atoms with Crippen molar-refractivity contribution < 1.29 is 18.3 Å². The molecular formula is C12H19N3O4S. The molecule has 0 atom stereocenters. The summed E-state index contributed by atoms with van der Waals surface area (Å²) in [7, 11) is -3.86. The van der Waals surface area contributed by atoms with Crippen LogP contribution in [0.3, 0.4) is 0 Å². The van der Waals surface area contributed by atoms with Crippen LogP contribution in [0.25, 0.3) is 0 Å². The number of aromatic nitrogens is 2. The highest BCUT2D eigenvalue weighted by molar-refractivity contribution is 7.89. The van der Waals surface area contributed by atoms with Gasteiger partial charge in [-0.05, 0) is 19.8 Å². The van der Waals surface area contributed by atoms with Crippen LogP contribution >= 0.6 is 0 Å². The minimum Gasteiger partial charge on any atom is -0.476 e. The lowest BCUT2D eigenvalue weighted by Crippen LogP contribution is -2.35. The van der Waals surface area contributed by atoms with Crippen molar-refractivity contribution in [2.75, 3.05) is 0 Å².